The van der Waals surface area contributed by atoms with Crippen molar-refractivity contribution < 1.29 is 0 Å². The van der Waals surface area contributed by atoms with E-state index < -0.39 is 0 Å². The minimum Gasteiger partial charge on any atom is -0.343 e. The highest BCUT2D eigenvalue weighted by molar-refractivity contribution is 7.22. The van der Waals surface area contributed by atoms with Crippen LogP contribution in [0.4, 0.5) is 5.13 Å². The Morgan fingerprint density at radius 1 is 1.12 bits per heavy atom. The van der Waals surface area contributed by atoms with E-state index in [0.717, 1.165) is 40.7 Å². The van der Waals surface area contributed by atoms with Crippen LogP contribution in [0.15, 0.2) is 16.9 Å². The standard InChI is InChI=1S/C18H20N4OS/c1-10-5-6-11(2)16-15(10)20-18(24-16)22-8-7-14-13(9-22)17(23)21(4)12(3)19-14/h5-6H,7-9H2,1-4H3. The monoisotopic (exact) mass is 340 g/mol. The zero-order valence-corrected chi connectivity index (χ0v) is 15.2. The number of anilines is 1. The summed E-state index contributed by atoms with van der Waals surface area (Å²) in [5, 5.41) is 0.996. The normalized spacial score (nSPS) is 14.2. The minimum absolute atomic E-state index is 0.0654. The molecular weight excluding hydrogens is 320 g/mol. The van der Waals surface area contributed by atoms with Crippen LogP contribution in [-0.2, 0) is 20.0 Å². The van der Waals surface area contributed by atoms with Gasteiger partial charge in [-0.05, 0) is 31.9 Å². The molecule has 0 amide bonds. The zero-order chi connectivity index (χ0) is 17.0. The summed E-state index contributed by atoms with van der Waals surface area (Å²) in [6.45, 7) is 7.54. The Morgan fingerprint density at radius 2 is 1.88 bits per heavy atom. The quantitative estimate of drug-likeness (QED) is 0.683. The lowest BCUT2D eigenvalue weighted by Gasteiger charge is -2.27. The van der Waals surface area contributed by atoms with Gasteiger partial charge >= 0.3 is 0 Å². The molecule has 0 spiro atoms. The van der Waals surface area contributed by atoms with E-state index in [1.165, 1.54) is 15.8 Å². The van der Waals surface area contributed by atoms with Gasteiger partial charge in [0.15, 0.2) is 5.13 Å². The fraction of sp³-hybridized carbons (Fsp3) is 0.389. The third-order valence-corrected chi connectivity index (χ3v) is 6.11. The van der Waals surface area contributed by atoms with Gasteiger partial charge in [-0.2, -0.15) is 0 Å². The molecule has 0 saturated heterocycles. The second-order valence-electron chi connectivity index (χ2n) is 6.49. The molecule has 0 atom stereocenters. The minimum atomic E-state index is 0.0654. The maximum Gasteiger partial charge on any atom is 0.258 e. The van der Waals surface area contributed by atoms with Crippen molar-refractivity contribution in [3.05, 3.63) is 50.7 Å². The summed E-state index contributed by atoms with van der Waals surface area (Å²) in [7, 11) is 1.79. The molecule has 24 heavy (non-hydrogen) atoms. The Labute approximate surface area is 144 Å². The molecular formula is C18H20N4OS. The molecule has 1 aliphatic rings. The molecule has 4 rings (SSSR count). The molecule has 3 heterocycles. The zero-order valence-electron chi connectivity index (χ0n) is 14.4. The summed E-state index contributed by atoms with van der Waals surface area (Å²) in [5.74, 6) is 0.776. The summed E-state index contributed by atoms with van der Waals surface area (Å²) >= 11 is 1.72. The molecule has 0 bridgehead atoms. The van der Waals surface area contributed by atoms with Gasteiger partial charge in [-0.1, -0.05) is 23.5 Å². The Morgan fingerprint density at radius 3 is 2.62 bits per heavy atom. The number of hydrogen-bond acceptors (Lipinski definition) is 5. The highest BCUT2D eigenvalue weighted by Gasteiger charge is 2.24. The molecule has 0 radical (unpaired) electrons. The lowest BCUT2D eigenvalue weighted by Crippen LogP contribution is -2.38. The molecule has 0 aliphatic carbocycles. The summed E-state index contributed by atoms with van der Waals surface area (Å²) in [5.41, 5.74) is 5.35. The van der Waals surface area contributed by atoms with Gasteiger partial charge in [0, 0.05) is 20.0 Å². The van der Waals surface area contributed by atoms with Gasteiger partial charge in [-0.25, -0.2) is 9.97 Å². The number of hydrogen-bond donors (Lipinski definition) is 0. The third-order valence-electron chi connectivity index (χ3n) is 4.86. The van der Waals surface area contributed by atoms with Crippen molar-refractivity contribution in [3.8, 4) is 0 Å². The van der Waals surface area contributed by atoms with Crippen molar-refractivity contribution in [2.45, 2.75) is 33.7 Å². The second kappa shape index (κ2) is 5.41. The van der Waals surface area contributed by atoms with Crippen molar-refractivity contribution in [3.63, 3.8) is 0 Å². The van der Waals surface area contributed by atoms with E-state index in [4.69, 9.17) is 4.98 Å². The van der Waals surface area contributed by atoms with Gasteiger partial charge in [0.2, 0.25) is 0 Å². The number of aryl methyl sites for hydroxylation is 3. The largest absolute Gasteiger partial charge is 0.343 e. The Kier molecular flexibility index (Phi) is 3.46. The van der Waals surface area contributed by atoms with Crippen molar-refractivity contribution in [1.82, 2.24) is 14.5 Å². The first-order chi connectivity index (χ1) is 11.5. The van der Waals surface area contributed by atoms with Crippen LogP contribution in [0.25, 0.3) is 10.2 Å². The Bertz CT molecular complexity index is 979. The van der Waals surface area contributed by atoms with E-state index in [9.17, 15) is 4.79 Å². The number of benzene rings is 1. The first-order valence-electron chi connectivity index (χ1n) is 8.13. The smallest absolute Gasteiger partial charge is 0.258 e. The van der Waals surface area contributed by atoms with Gasteiger partial charge in [0.05, 0.1) is 28.0 Å². The van der Waals surface area contributed by atoms with E-state index in [-0.39, 0.29) is 5.56 Å². The van der Waals surface area contributed by atoms with Crippen LogP contribution >= 0.6 is 11.3 Å². The van der Waals surface area contributed by atoms with Gasteiger partial charge in [0.25, 0.3) is 5.56 Å². The summed E-state index contributed by atoms with van der Waals surface area (Å²) < 4.78 is 2.88. The van der Waals surface area contributed by atoms with Gasteiger partial charge in [0.1, 0.15) is 5.82 Å². The van der Waals surface area contributed by atoms with Gasteiger partial charge < -0.3 is 4.90 Å². The number of aromatic nitrogens is 3. The van der Waals surface area contributed by atoms with Crippen LogP contribution in [0.2, 0.25) is 0 Å². The van der Waals surface area contributed by atoms with Crippen LogP contribution < -0.4 is 10.5 Å². The number of nitrogens with zero attached hydrogens (tertiary/aromatic N) is 4. The summed E-state index contributed by atoms with van der Waals surface area (Å²) in [6, 6.07) is 4.27. The molecule has 3 aromatic rings. The van der Waals surface area contributed by atoms with E-state index in [1.807, 2.05) is 6.92 Å². The molecule has 2 aromatic heterocycles. The van der Waals surface area contributed by atoms with E-state index in [1.54, 1.807) is 23.0 Å². The molecule has 0 N–H and O–H groups in total. The number of thiazole rings is 1. The second-order valence-corrected chi connectivity index (χ2v) is 7.47. The Hall–Kier alpha value is -2.21. The first kappa shape index (κ1) is 15.3. The average Bonchev–Trinajstić information content (AvgIpc) is 3.03. The molecule has 1 aliphatic heterocycles. The van der Waals surface area contributed by atoms with Crippen LogP contribution in [0.5, 0.6) is 0 Å². The maximum absolute atomic E-state index is 12.6. The van der Waals surface area contributed by atoms with Gasteiger partial charge in [-0.15, -0.1) is 0 Å². The maximum atomic E-state index is 12.6. The van der Waals surface area contributed by atoms with E-state index >= 15 is 0 Å². The molecule has 0 unspecified atom stereocenters. The predicted octanol–water partition coefficient (Wildman–Crippen LogP) is 2.88. The molecule has 0 fully saturated rings. The van der Waals surface area contributed by atoms with Crippen molar-refractivity contribution in [2.24, 2.45) is 7.05 Å². The summed E-state index contributed by atoms with van der Waals surface area (Å²) in [4.78, 5) is 24.2. The van der Waals surface area contributed by atoms with Crippen LogP contribution in [0.3, 0.4) is 0 Å². The van der Waals surface area contributed by atoms with Crippen molar-refractivity contribution in [2.75, 3.05) is 11.4 Å². The number of rotatable bonds is 1. The number of fused-ring (bicyclic) bond motifs is 2. The molecule has 0 saturated carbocycles. The highest BCUT2D eigenvalue weighted by atomic mass is 32.1. The van der Waals surface area contributed by atoms with E-state index in [2.05, 4.69) is 35.9 Å². The molecule has 5 nitrogen and oxygen atoms in total. The lowest BCUT2D eigenvalue weighted by molar-refractivity contribution is 0.654. The van der Waals surface area contributed by atoms with Crippen LogP contribution in [0.1, 0.15) is 28.2 Å². The first-order valence-corrected chi connectivity index (χ1v) is 8.94. The fourth-order valence-electron chi connectivity index (χ4n) is 3.23. The fourth-order valence-corrected chi connectivity index (χ4v) is 4.37. The summed E-state index contributed by atoms with van der Waals surface area (Å²) in [6.07, 6.45) is 0.792. The molecule has 6 heteroatoms. The highest BCUT2D eigenvalue weighted by Crippen LogP contribution is 2.34. The predicted molar refractivity (Wildman–Crippen MR) is 98.1 cm³/mol. The van der Waals surface area contributed by atoms with Crippen LogP contribution in [-0.4, -0.2) is 21.1 Å². The average molecular weight is 340 g/mol. The van der Waals surface area contributed by atoms with E-state index in [0.29, 0.717) is 6.54 Å². The van der Waals surface area contributed by atoms with Crippen molar-refractivity contribution >= 4 is 26.7 Å². The van der Waals surface area contributed by atoms with Crippen molar-refractivity contribution in [1.29, 1.82) is 0 Å². The van der Waals surface area contributed by atoms with Gasteiger partial charge in [-0.3, -0.25) is 9.36 Å². The lowest BCUT2D eigenvalue weighted by atomic mass is 10.1. The van der Waals surface area contributed by atoms with Crippen LogP contribution in [0, 0.1) is 20.8 Å². The third kappa shape index (κ3) is 2.24. The molecule has 1 aromatic carbocycles. The Balaban J connectivity index is 1.78. The molecule has 124 valence electrons. The topological polar surface area (TPSA) is 51.0 Å². The SMILES string of the molecule is Cc1ccc(C)c2sc(N3CCc4nc(C)n(C)c(=O)c4C3)nc12.